The number of carbonyl (C=O) groups is 1. The lowest BCUT2D eigenvalue weighted by molar-refractivity contribution is -0.120. The van der Waals surface area contributed by atoms with Crippen molar-refractivity contribution in [3.8, 4) is 0 Å². The van der Waals surface area contributed by atoms with Gasteiger partial charge in [-0.05, 0) is 31.1 Å². The molecule has 2 saturated carbocycles. The Balaban J connectivity index is 1.69. The van der Waals surface area contributed by atoms with E-state index in [4.69, 9.17) is 4.74 Å². The van der Waals surface area contributed by atoms with Gasteiger partial charge in [-0.1, -0.05) is 0 Å². The highest BCUT2D eigenvalue weighted by Crippen LogP contribution is 2.54. The quantitative estimate of drug-likeness (QED) is 0.605. The highest BCUT2D eigenvalue weighted by Gasteiger charge is 2.59. The van der Waals surface area contributed by atoms with E-state index >= 15 is 0 Å². The summed E-state index contributed by atoms with van der Waals surface area (Å²) < 4.78 is 5.51. The van der Waals surface area contributed by atoms with Gasteiger partial charge in [0.15, 0.2) is 0 Å². The molecule has 3 fully saturated rings. The zero-order valence-electron chi connectivity index (χ0n) is 7.82. The van der Waals surface area contributed by atoms with Crippen LogP contribution in [-0.2, 0) is 9.53 Å². The van der Waals surface area contributed by atoms with Crippen molar-refractivity contribution < 1.29 is 9.53 Å². The zero-order chi connectivity index (χ0) is 9.00. The number of fused-ring (bicyclic) bond motifs is 3. The van der Waals surface area contributed by atoms with Crippen molar-refractivity contribution in [1.82, 2.24) is 5.32 Å². The molecule has 5 atom stereocenters. The van der Waals surface area contributed by atoms with Crippen LogP contribution in [0.15, 0.2) is 0 Å². The van der Waals surface area contributed by atoms with Gasteiger partial charge in [0.1, 0.15) is 0 Å². The van der Waals surface area contributed by atoms with Gasteiger partial charge in [0.25, 0.3) is 0 Å². The Hall–Kier alpha value is -0.570. The van der Waals surface area contributed by atoms with Crippen LogP contribution < -0.4 is 5.32 Å². The molecule has 1 heterocycles. The van der Waals surface area contributed by atoms with Crippen molar-refractivity contribution in [2.45, 2.75) is 44.4 Å². The van der Waals surface area contributed by atoms with E-state index in [1.165, 1.54) is 12.8 Å². The standard InChI is InChI=1S/C10H15NO2/c1-5(12)11-8-3-2-6-7(8)4-9-10(6)13-9/h6-10H,2-4H2,1H3,(H,11,12)/t6-,7-,8?,9?,10?/m0/s1. The maximum absolute atomic E-state index is 10.9. The van der Waals surface area contributed by atoms with E-state index in [1.807, 2.05) is 0 Å². The average Bonchev–Trinajstić information content (AvgIpc) is 2.56. The predicted octanol–water partition coefficient (Wildman–Crippen LogP) is 0.688. The molecule has 3 nitrogen and oxygen atoms in total. The van der Waals surface area contributed by atoms with E-state index in [0.717, 1.165) is 12.3 Å². The van der Waals surface area contributed by atoms with Crippen LogP contribution in [0.5, 0.6) is 0 Å². The largest absolute Gasteiger partial charge is 0.369 e. The topological polar surface area (TPSA) is 41.6 Å². The summed E-state index contributed by atoms with van der Waals surface area (Å²) >= 11 is 0. The molecule has 1 amide bonds. The number of rotatable bonds is 1. The molecule has 1 N–H and O–H groups in total. The molecule has 3 unspecified atom stereocenters. The molecule has 3 heteroatoms. The van der Waals surface area contributed by atoms with Gasteiger partial charge in [-0.2, -0.15) is 0 Å². The van der Waals surface area contributed by atoms with E-state index in [0.29, 0.717) is 24.2 Å². The third-order valence-electron chi connectivity index (χ3n) is 3.81. The minimum Gasteiger partial charge on any atom is -0.369 e. The van der Waals surface area contributed by atoms with Gasteiger partial charge in [-0.3, -0.25) is 4.79 Å². The van der Waals surface area contributed by atoms with Crippen LogP contribution in [0, 0.1) is 11.8 Å². The highest BCUT2D eigenvalue weighted by atomic mass is 16.6. The number of hydrogen-bond donors (Lipinski definition) is 1. The lowest BCUT2D eigenvalue weighted by Crippen LogP contribution is -2.36. The molecule has 3 rings (SSSR count). The minimum atomic E-state index is 0.118. The molecule has 0 aromatic heterocycles. The van der Waals surface area contributed by atoms with Crippen molar-refractivity contribution >= 4 is 5.91 Å². The Kier molecular flexibility index (Phi) is 1.48. The molecular formula is C10H15NO2. The van der Waals surface area contributed by atoms with Crippen LogP contribution in [0.1, 0.15) is 26.2 Å². The second-order valence-corrected chi connectivity index (χ2v) is 4.59. The van der Waals surface area contributed by atoms with E-state index in [1.54, 1.807) is 6.92 Å². The SMILES string of the molecule is CC(=O)NC1CC[C@@H]2C3OC3C[C@H]12. The Morgan fingerprint density at radius 2 is 2.23 bits per heavy atom. The number of ether oxygens (including phenoxy) is 1. The number of hydrogen-bond acceptors (Lipinski definition) is 2. The van der Waals surface area contributed by atoms with Crippen molar-refractivity contribution in [3.63, 3.8) is 0 Å². The first-order valence-corrected chi connectivity index (χ1v) is 5.18. The average molecular weight is 181 g/mol. The first-order chi connectivity index (χ1) is 6.25. The molecular weight excluding hydrogens is 166 g/mol. The Bertz CT molecular complexity index is 253. The van der Waals surface area contributed by atoms with E-state index in [9.17, 15) is 4.79 Å². The zero-order valence-corrected chi connectivity index (χ0v) is 7.82. The number of carbonyl (C=O) groups excluding carboxylic acids is 1. The first kappa shape index (κ1) is 7.80. The van der Waals surface area contributed by atoms with E-state index < -0.39 is 0 Å². The van der Waals surface area contributed by atoms with Crippen LogP contribution in [0.4, 0.5) is 0 Å². The fraction of sp³-hybridized carbons (Fsp3) is 0.900. The highest BCUT2D eigenvalue weighted by molar-refractivity contribution is 5.73. The first-order valence-electron chi connectivity index (χ1n) is 5.18. The summed E-state index contributed by atoms with van der Waals surface area (Å²) in [7, 11) is 0. The van der Waals surface area contributed by atoms with Gasteiger partial charge < -0.3 is 10.1 Å². The summed E-state index contributed by atoms with van der Waals surface area (Å²) in [5.74, 6) is 1.58. The van der Waals surface area contributed by atoms with Crippen molar-refractivity contribution in [2.24, 2.45) is 11.8 Å². The van der Waals surface area contributed by atoms with Gasteiger partial charge in [0.2, 0.25) is 5.91 Å². The summed E-state index contributed by atoms with van der Waals surface area (Å²) in [5.41, 5.74) is 0. The summed E-state index contributed by atoms with van der Waals surface area (Å²) in [5, 5.41) is 3.06. The molecule has 2 aliphatic carbocycles. The van der Waals surface area contributed by atoms with Crippen molar-refractivity contribution in [3.05, 3.63) is 0 Å². The van der Waals surface area contributed by atoms with Crippen LogP contribution in [0.25, 0.3) is 0 Å². The summed E-state index contributed by atoms with van der Waals surface area (Å²) in [6, 6.07) is 0.443. The van der Waals surface area contributed by atoms with Gasteiger partial charge >= 0.3 is 0 Å². The molecule has 13 heavy (non-hydrogen) atoms. The second-order valence-electron chi connectivity index (χ2n) is 4.59. The van der Waals surface area contributed by atoms with Gasteiger partial charge in [-0.15, -0.1) is 0 Å². The molecule has 0 spiro atoms. The molecule has 72 valence electrons. The van der Waals surface area contributed by atoms with Crippen molar-refractivity contribution in [2.75, 3.05) is 0 Å². The van der Waals surface area contributed by atoms with E-state index in [-0.39, 0.29) is 5.91 Å². The van der Waals surface area contributed by atoms with Crippen LogP contribution in [-0.4, -0.2) is 24.2 Å². The monoisotopic (exact) mass is 181 g/mol. The van der Waals surface area contributed by atoms with Gasteiger partial charge in [0.05, 0.1) is 12.2 Å². The number of epoxide rings is 1. The fourth-order valence-corrected chi connectivity index (χ4v) is 3.28. The normalized spacial score (nSPS) is 51.3. The van der Waals surface area contributed by atoms with Crippen LogP contribution in [0.3, 0.4) is 0 Å². The molecule has 1 aliphatic heterocycles. The van der Waals surface area contributed by atoms with Gasteiger partial charge in [0, 0.05) is 13.0 Å². The smallest absolute Gasteiger partial charge is 0.217 e. The lowest BCUT2D eigenvalue weighted by Gasteiger charge is -2.20. The second kappa shape index (κ2) is 2.47. The molecule has 0 aromatic carbocycles. The van der Waals surface area contributed by atoms with Crippen molar-refractivity contribution in [1.29, 1.82) is 0 Å². The number of nitrogens with one attached hydrogen (secondary N) is 1. The summed E-state index contributed by atoms with van der Waals surface area (Å²) in [4.78, 5) is 10.9. The molecule has 0 radical (unpaired) electrons. The Morgan fingerprint density at radius 1 is 1.38 bits per heavy atom. The Labute approximate surface area is 77.8 Å². The summed E-state index contributed by atoms with van der Waals surface area (Å²) in [6.07, 6.45) is 4.69. The molecule has 0 bridgehead atoms. The lowest BCUT2D eigenvalue weighted by atomic mass is 9.96. The molecule has 1 saturated heterocycles. The predicted molar refractivity (Wildman–Crippen MR) is 47.1 cm³/mol. The minimum absolute atomic E-state index is 0.118. The molecule has 0 aromatic rings. The molecule has 3 aliphatic rings. The maximum Gasteiger partial charge on any atom is 0.217 e. The third-order valence-corrected chi connectivity index (χ3v) is 3.81. The number of amides is 1. The maximum atomic E-state index is 10.9. The van der Waals surface area contributed by atoms with E-state index in [2.05, 4.69) is 5.32 Å². The van der Waals surface area contributed by atoms with Gasteiger partial charge in [-0.25, -0.2) is 0 Å². The Morgan fingerprint density at radius 3 is 3.00 bits per heavy atom. The third kappa shape index (κ3) is 1.10. The summed E-state index contributed by atoms with van der Waals surface area (Å²) in [6.45, 7) is 1.61. The van der Waals surface area contributed by atoms with Crippen LogP contribution in [0.2, 0.25) is 0 Å². The fourth-order valence-electron chi connectivity index (χ4n) is 3.28. The van der Waals surface area contributed by atoms with Crippen LogP contribution >= 0.6 is 0 Å².